The van der Waals surface area contributed by atoms with Crippen LogP contribution in [0, 0.1) is 0 Å². The van der Waals surface area contributed by atoms with Crippen molar-refractivity contribution < 1.29 is 9.59 Å². The highest BCUT2D eigenvalue weighted by Gasteiger charge is 2.02. The quantitative estimate of drug-likeness (QED) is 0.451. The second-order valence-electron chi connectivity index (χ2n) is 1.63. The molecule has 0 saturated heterocycles. The molecule has 9 heavy (non-hydrogen) atoms. The fourth-order valence-corrected chi connectivity index (χ4v) is 0.404. The van der Waals surface area contributed by atoms with E-state index in [1.54, 1.807) is 6.92 Å². The summed E-state index contributed by atoms with van der Waals surface area (Å²) in [4.78, 5) is 20.3. The summed E-state index contributed by atoms with van der Waals surface area (Å²) in [7, 11) is 0. The largest absolute Gasteiger partial charge is 0.346 e. The summed E-state index contributed by atoms with van der Waals surface area (Å²) in [5.41, 5.74) is 0. The Bertz CT molecular complexity index is 116. The van der Waals surface area contributed by atoms with Crippen molar-refractivity contribution in [2.24, 2.45) is 0 Å². The average Bonchev–Trinajstić information content (AvgIpc) is 1.87. The lowest BCUT2D eigenvalue weighted by Crippen LogP contribution is -2.34. The molecule has 0 rings (SSSR count). The van der Waals surface area contributed by atoms with Gasteiger partial charge in [-0.05, 0) is 6.92 Å². The van der Waals surface area contributed by atoms with Crippen molar-refractivity contribution >= 4 is 23.8 Å². The normalized spacial score (nSPS) is 12.2. The highest BCUT2D eigenvalue weighted by molar-refractivity contribution is 6.27. The smallest absolute Gasteiger partial charge is 0.235 e. The van der Waals surface area contributed by atoms with Gasteiger partial charge in [-0.25, -0.2) is 0 Å². The van der Waals surface area contributed by atoms with Crippen molar-refractivity contribution in [3.63, 3.8) is 0 Å². The van der Waals surface area contributed by atoms with Crippen LogP contribution >= 0.6 is 11.6 Å². The van der Waals surface area contributed by atoms with Gasteiger partial charge in [-0.15, -0.1) is 11.6 Å². The van der Waals surface area contributed by atoms with Gasteiger partial charge in [0, 0.05) is 0 Å². The van der Waals surface area contributed by atoms with Crippen LogP contribution in [0.4, 0.5) is 0 Å². The number of rotatable bonds is 3. The average molecular weight is 150 g/mol. The van der Waals surface area contributed by atoms with Gasteiger partial charge in [0.25, 0.3) is 0 Å². The molecule has 0 bridgehead atoms. The van der Waals surface area contributed by atoms with Crippen LogP contribution in [0.25, 0.3) is 0 Å². The fraction of sp³-hybridized carbons (Fsp3) is 0.600. The van der Waals surface area contributed by atoms with Gasteiger partial charge < -0.3 is 10.1 Å². The van der Waals surface area contributed by atoms with E-state index in [0.717, 1.165) is 0 Å². The molecular weight excluding hydrogens is 142 g/mol. The second-order valence-corrected chi connectivity index (χ2v) is 1.89. The Labute approximate surface area is 58.4 Å². The molecule has 0 aromatic heterocycles. The first-order valence-electron chi connectivity index (χ1n) is 2.51. The summed E-state index contributed by atoms with van der Waals surface area (Å²) in [6.45, 7) is 1.58. The molecule has 1 N–H and O–H groups in total. The molecule has 0 aromatic carbocycles. The number of halogens is 1. The predicted octanol–water partition coefficient (Wildman–Crippen LogP) is -0.0712. The number of aldehydes is 1. The minimum atomic E-state index is -0.434. The Balaban J connectivity index is 3.46. The van der Waals surface area contributed by atoms with Crippen LogP contribution in [-0.2, 0) is 9.59 Å². The molecule has 0 aromatic rings. The zero-order chi connectivity index (χ0) is 7.28. The minimum absolute atomic E-state index is 0.0990. The Hall–Kier alpha value is -0.570. The van der Waals surface area contributed by atoms with Crippen LogP contribution in [0.15, 0.2) is 0 Å². The molecule has 0 aliphatic rings. The van der Waals surface area contributed by atoms with E-state index in [2.05, 4.69) is 5.32 Å². The number of hydrogen-bond acceptors (Lipinski definition) is 2. The number of carbonyl (C=O) groups is 2. The summed E-state index contributed by atoms with van der Waals surface area (Å²) in [5, 5.41) is 2.34. The Morgan fingerprint density at radius 3 is 2.78 bits per heavy atom. The van der Waals surface area contributed by atoms with Gasteiger partial charge in [0.1, 0.15) is 12.2 Å². The molecule has 0 fully saturated rings. The van der Waals surface area contributed by atoms with E-state index in [1.807, 2.05) is 0 Å². The molecular formula is C5H8ClNO2. The standard InChI is InChI=1S/C5H8ClNO2/c1-4(3-8)7-5(9)2-6/h3-4H,2H2,1H3,(H,7,9)/t4-/m0/s1. The highest BCUT2D eigenvalue weighted by Crippen LogP contribution is 1.77. The number of carbonyl (C=O) groups excluding carboxylic acids is 2. The molecule has 0 aliphatic heterocycles. The molecule has 3 nitrogen and oxygen atoms in total. The molecule has 1 atom stereocenters. The van der Waals surface area contributed by atoms with Gasteiger partial charge in [0.2, 0.25) is 5.91 Å². The number of alkyl halides is 1. The molecule has 52 valence electrons. The molecule has 0 unspecified atom stereocenters. The van der Waals surface area contributed by atoms with Crippen LogP contribution < -0.4 is 5.32 Å². The third kappa shape index (κ3) is 3.97. The van der Waals surface area contributed by atoms with Crippen LogP contribution in [0.5, 0.6) is 0 Å². The molecule has 0 heterocycles. The molecule has 0 spiro atoms. The van der Waals surface area contributed by atoms with E-state index in [9.17, 15) is 9.59 Å². The Kier molecular flexibility index (Phi) is 4.05. The van der Waals surface area contributed by atoms with E-state index >= 15 is 0 Å². The summed E-state index contributed by atoms with van der Waals surface area (Å²) in [6, 6.07) is -0.434. The zero-order valence-corrected chi connectivity index (χ0v) is 5.81. The topological polar surface area (TPSA) is 46.2 Å². The minimum Gasteiger partial charge on any atom is -0.346 e. The fourth-order valence-electron chi connectivity index (χ4n) is 0.327. The zero-order valence-electron chi connectivity index (χ0n) is 5.06. The lowest BCUT2D eigenvalue weighted by atomic mass is 10.4. The summed E-state index contributed by atoms with van der Waals surface area (Å²) >= 11 is 5.13. The predicted molar refractivity (Wildman–Crippen MR) is 34.4 cm³/mol. The van der Waals surface area contributed by atoms with E-state index in [-0.39, 0.29) is 11.8 Å². The monoisotopic (exact) mass is 149 g/mol. The van der Waals surface area contributed by atoms with Crippen molar-refractivity contribution in [3.05, 3.63) is 0 Å². The van der Waals surface area contributed by atoms with Crippen molar-refractivity contribution in [2.45, 2.75) is 13.0 Å². The third-order valence-corrected chi connectivity index (χ3v) is 0.957. The first-order chi connectivity index (χ1) is 4.20. The van der Waals surface area contributed by atoms with E-state index in [1.165, 1.54) is 0 Å². The maximum atomic E-state index is 10.4. The Morgan fingerprint density at radius 1 is 1.89 bits per heavy atom. The first-order valence-corrected chi connectivity index (χ1v) is 3.04. The van der Waals surface area contributed by atoms with Crippen molar-refractivity contribution in [1.82, 2.24) is 5.32 Å². The number of nitrogens with one attached hydrogen (secondary N) is 1. The molecule has 1 amide bonds. The molecule has 0 radical (unpaired) electrons. The SMILES string of the molecule is C[C@@H](C=O)NC(=O)CCl. The molecule has 0 saturated carbocycles. The van der Waals surface area contributed by atoms with Crippen molar-refractivity contribution in [3.8, 4) is 0 Å². The van der Waals surface area contributed by atoms with Gasteiger partial charge in [0.05, 0.1) is 6.04 Å². The van der Waals surface area contributed by atoms with Gasteiger partial charge in [-0.3, -0.25) is 4.79 Å². The van der Waals surface area contributed by atoms with Gasteiger partial charge in [-0.1, -0.05) is 0 Å². The molecule has 0 aliphatic carbocycles. The summed E-state index contributed by atoms with van der Waals surface area (Å²) in [6.07, 6.45) is 0.643. The van der Waals surface area contributed by atoms with E-state index in [0.29, 0.717) is 6.29 Å². The van der Waals surface area contributed by atoms with E-state index in [4.69, 9.17) is 11.6 Å². The third-order valence-electron chi connectivity index (χ3n) is 0.714. The van der Waals surface area contributed by atoms with Crippen molar-refractivity contribution in [1.29, 1.82) is 0 Å². The van der Waals surface area contributed by atoms with E-state index < -0.39 is 6.04 Å². The van der Waals surface area contributed by atoms with Crippen LogP contribution in [0.1, 0.15) is 6.92 Å². The lowest BCUT2D eigenvalue weighted by Gasteiger charge is -2.02. The van der Waals surface area contributed by atoms with Gasteiger partial charge in [0.15, 0.2) is 0 Å². The maximum Gasteiger partial charge on any atom is 0.235 e. The number of hydrogen-bond donors (Lipinski definition) is 1. The van der Waals surface area contributed by atoms with Gasteiger partial charge in [-0.2, -0.15) is 0 Å². The van der Waals surface area contributed by atoms with Crippen LogP contribution in [-0.4, -0.2) is 24.1 Å². The maximum absolute atomic E-state index is 10.4. The highest BCUT2D eigenvalue weighted by atomic mass is 35.5. The summed E-state index contributed by atoms with van der Waals surface area (Å²) < 4.78 is 0. The van der Waals surface area contributed by atoms with Crippen LogP contribution in [0.2, 0.25) is 0 Å². The lowest BCUT2D eigenvalue weighted by molar-refractivity contribution is -0.121. The van der Waals surface area contributed by atoms with Crippen LogP contribution in [0.3, 0.4) is 0 Å². The Morgan fingerprint density at radius 2 is 2.44 bits per heavy atom. The second kappa shape index (κ2) is 4.32. The van der Waals surface area contributed by atoms with Gasteiger partial charge >= 0.3 is 0 Å². The summed E-state index contributed by atoms with van der Waals surface area (Å²) in [5.74, 6) is -0.422. The number of amides is 1. The molecule has 4 heteroatoms. The first kappa shape index (κ1) is 8.43. The van der Waals surface area contributed by atoms with Crippen molar-refractivity contribution in [2.75, 3.05) is 5.88 Å².